The molecular weight excluding hydrogens is 247 g/mol. The Kier molecular flexibility index (Phi) is 4.37. The lowest BCUT2D eigenvalue weighted by atomic mass is 9.96. The molecule has 1 aliphatic rings. The molecule has 0 unspecified atom stereocenters. The van der Waals surface area contributed by atoms with Gasteiger partial charge in [0.15, 0.2) is 0 Å². The summed E-state index contributed by atoms with van der Waals surface area (Å²) in [4.78, 5) is 12.4. The Labute approximate surface area is 112 Å². The summed E-state index contributed by atoms with van der Waals surface area (Å²) < 4.78 is 18.5. The van der Waals surface area contributed by atoms with Crippen LogP contribution in [-0.4, -0.2) is 26.1 Å². The highest BCUT2D eigenvalue weighted by atomic mass is 19.1. The van der Waals surface area contributed by atoms with Crippen molar-refractivity contribution in [2.24, 2.45) is 11.7 Å². The SMILES string of the molecule is COc1ccc(F)cc1C[NH+]1CCC(C(N)=O)CC1. The molecule has 1 aromatic rings. The number of ether oxygens (including phenoxy) is 1. The van der Waals surface area contributed by atoms with Crippen molar-refractivity contribution in [3.63, 3.8) is 0 Å². The highest BCUT2D eigenvalue weighted by Crippen LogP contribution is 2.18. The molecular formula is C14H20FN2O2+. The van der Waals surface area contributed by atoms with Gasteiger partial charge in [-0.15, -0.1) is 0 Å². The molecule has 0 atom stereocenters. The molecule has 0 bridgehead atoms. The number of benzene rings is 1. The zero-order chi connectivity index (χ0) is 13.8. The Morgan fingerprint density at radius 2 is 2.16 bits per heavy atom. The van der Waals surface area contributed by atoms with Crippen molar-refractivity contribution in [3.8, 4) is 5.75 Å². The van der Waals surface area contributed by atoms with E-state index in [1.54, 1.807) is 13.2 Å². The van der Waals surface area contributed by atoms with Gasteiger partial charge in [-0.25, -0.2) is 4.39 Å². The van der Waals surface area contributed by atoms with Crippen LogP contribution < -0.4 is 15.4 Å². The van der Waals surface area contributed by atoms with Crippen molar-refractivity contribution in [2.45, 2.75) is 19.4 Å². The number of piperidine rings is 1. The predicted molar refractivity (Wildman–Crippen MR) is 69.3 cm³/mol. The van der Waals surface area contributed by atoms with E-state index in [1.165, 1.54) is 17.0 Å². The Morgan fingerprint density at radius 1 is 1.47 bits per heavy atom. The smallest absolute Gasteiger partial charge is 0.220 e. The van der Waals surface area contributed by atoms with Gasteiger partial charge in [0, 0.05) is 18.8 Å². The lowest BCUT2D eigenvalue weighted by molar-refractivity contribution is -0.919. The third-order valence-electron chi connectivity index (χ3n) is 3.78. The van der Waals surface area contributed by atoms with Crippen LogP contribution in [0.1, 0.15) is 18.4 Å². The zero-order valence-electron chi connectivity index (χ0n) is 11.1. The summed E-state index contributed by atoms with van der Waals surface area (Å²) in [5.41, 5.74) is 6.18. The topological polar surface area (TPSA) is 56.8 Å². The molecule has 0 spiro atoms. The molecule has 1 heterocycles. The summed E-state index contributed by atoms with van der Waals surface area (Å²) >= 11 is 0. The van der Waals surface area contributed by atoms with Crippen LogP contribution in [0.5, 0.6) is 5.75 Å². The molecule has 0 aliphatic carbocycles. The summed E-state index contributed by atoms with van der Waals surface area (Å²) in [5.74, 6) is 0.258. The number of hydrogen-bond donors (Lipinski definition) is 2. The second-order valence-electron chi connectivity index (χ2n) is 5.06. The molecule has 104 valence electrons. The summed E-state index contributed by atoms with van der Waals surface area (Å²) in [5, 5.41) is 0. The maximum atomic E-state index is 13.3. The van der Waals surface area contributed by atoms with Crippen molar-refractivity contribution in [3.05, 3.63) is 29.6 Å². The summed E-state index contributed by atoms with van der Waals surface area (Å²) in [6, 6.07) is 4.57. The molecule has 0 aromatic heterocycles. The summed E-state index contributed by atoms with van der Waals surface area (Å²) in [7, 11) is 1.59. The third-order valence-corrected chi connectivity index (χ3v) is 3.78. The normalized spacial score (nSPS) is 23.1. The number of carbonyl (C=O) groups is 1. The molecule has 4 nitrogen and oxygen atoms in total. The standard InChI is InChI=1S/C14H19FN2O2/c1-19-13-3-2-12(15)8-11(13)9-17-6-4-10(5-7-17)14(16)18/h2-3,8,10H,4-7,9H2,1H3,(H2,16,18)/p+1. The molecule has 5 heteroatoms. The quantitative estimate of drug-likeness (QED) is 0.814. The van der Waals surface area contributed by atoms with Crippen molar-refractivity contribution in [1.29, 1.82) is 0 Å². The van der Waals surface area contributed by atoms with E-state index in [-0.39, 0.29) is 17.6 Å². The van der Waals surface area contributed by atoms with E-state index < -0.39 is 0 Å². The number of rotatable bonds is 4. The third kappa shape index (κ3) is 3.44. The Balaban J connectivity index is 1.99. The first kappa shape index (κ1) is 13.8. The molecule has 1 aromatic carbocycles. The molecule has 2 rings (SSSR count). The minimum absolute atomic E-state index is 0.00171. The average molecular weight is 267 g/mol. The maximum Gasteiger partial charge on any atom is 0.220 e. The fourth-order valence-corrected chi connectivity index (χ4v) is 2.64. The number of methoxy groups -OCH3 is 1. The van der Waals surface area contributed by atoms with Gasteiger partial charge in [-0.1, -0.05) is 0 Å². The van der Waals surface area contributed by atoms with Crippen molar-refractivity contribution in [2.75, 3.05) is 20.2 Å². The van der Waals surface area contributed by atoms with Crippen LogP contribution in [0, 0.1) is 11.7 Å². The van der Waals surface area contributed by atoms with Crippen LogP contribution in [0.4, 0.5) is 4.39 Å². The first-order valence-electron chi connectivity index (χ1n) is 6.55. The van der Waals surface area contributed by atoms with Crippen molar-refractivity contribution < 1.29 is 18.8 Å². The van der Waals surface area contributed by atoms with Crippen LogP contribution in [0.25, 0.3) is 0 Å². The minimum atomic E-state index is -0.248. The van der Waals surface area contributed by atoms with Crippen LogP contribution in [0.3, 0.4) is 0 Å². The van der Waals surface area contributed by atoms with Gasteiger partial charge < -0.3 is 15.4 Å². The van der Waals surface area contributed by atoms with Crippen molar-refractivity contribution in [1.82, 2.24) is 0 Å². The number of carbonyl (C=O) groups excluding carboxylic acids is 1. The van der Waals surface area contributed by atoms with Crippen molar-refractivity contribution >= 4 is 5.91 Å². The number of hydrogen-bond acceptors (Lipinski definition) is 2. The number of halogens is 1. The number of quaternary nitrogens is 1. The van der Waals surface area contributed by atoms with Gasteiger partial charge in [-0.3, -0.25) is 4.79 Å². The monoisotopic (exact) mass is 267 g/mol. The largest absolute Gasteiger partial charge is 0.496 e. The fourth-order valence-electron chi connectivity index (χ4n) is 2.64. The number of nitrogens with two attached hydrogens (primary N) is 1. The average Bonchev–Trinajstić information content (AvgIpc) is 2.39. The lowest BCUT2D eigenvalue weighted by Gasteiger charge is -2.28. The minimum Gasteiger partial charge on any atom is -0.496 e. The zero-order valence-corrected chi connectivity index (χ0v) is 11.1. The lowest BCUT2D eigenvalue weighted by Crippen LogP contribution is -3.11. The van der Waals surface area contributed by atoms with Gasteiger partial charge in [0.1, 0.15) is 18.1 Å². The van der Waals surface area contributed by atoms with E-state index in [1.807, 2.05) is 0 Å². The Bertz CT molecular complexity index is 457. The number of primary amides is 1. The van der Waals surface area contributed by atoms with Crippen LogP contribution in [0.2, 0.25) is 0 Å². The second kappa shape index (κ2) is 6.02. The summed E-state index contributed by atoms with van der Waals surface area (Å²) in [6.45, 7) is 2.48. The fraction of sp³-hybridized carbons (Fsp3) is 0.500. The molecule has 1 amide bonds. The van der Waals surface area contributed by atoms with E-state index in [0.29, 0.717) is 12.3 Å². The number of nitrogens with one attached hydrogen (secondary N) is 1. The molecule has 0 saturated carbocycles. The van der Waals surface area contributed by atoms with E-state index >= 15 is 0 Å². The first-order valence-corrected chi connectivity index (χ1v) is 6.55. The predicted octanol–water partition coefficient (Wildman–Crippen LogP) is 0.115. The maximum absolute atomic E-state index is 13.3. The molecule has 0 radical (unpaired) electrons. The van der Waals surface area contributed by atoms with E-state index in [2.05, 4.69) is 0 Å². The van der Waals surface area contributed by atoms with E-state index in [9.17, 15) is 9.18 Å². The Hall–Kier alpha value is -1.62. The van der Waals surface area contributed by atoms with Gasteiger partial charge in [0.25, 0.3) is 0 Å². The van der Waals surface area contributed by atoms with Gasteiger partial charge in [0.05, 0.1) is 25.8 Å². The second-order valence-corrected chi connectivity index (χ2v) is 5.06. The number of amides is 1. The molecule has 19 heavy (non-hydrogen) atoms. The van der Waals surface area contributed by atoms with Gasteiger partial charge in [-0.05, 0) is 18.2 Å². The first-order chi connectivity index (χ1) is 9.10. The van der Waals surface area contributed by atoms with Gasteiger partial charge in [-0.2, -0.15) is 0 Å². The Morgan fingerprint density at radius 3 is 2.74 bits per heavy atom. The van der Waals surface area contributed by atoms with Crippen LogP contribution in [0.15, 0.2) is 18.2 Å². The van der Waals surface area contributed by atoms with Crippen LogP contribution >= 0.6 is 0 Å². The molecule has 1 aliphatic heterocycles. The van der Waals surface area contributed by atoms with Gasteiger partial charge in [0.2, 0.25) is 5.91 Å². The van der Waals surface area contributed by atoms with Crippen LogP contribution in [-0.2, 0) is 11.3 Å². The highest BCUT2D eigenvalue weighted by molar-refractivity contribution is 5.76. The number of likely N-dealkylation sites (tertiary alicyclic amines) is 1. The molecule has 1 fully saturated rings. The molecule has 3 N–H and O–H groups in total. The molecule has 1 saturated heterocycles. The highest BCUT2D eigenvalue weighted by Gasteiger charge is 2.26. The summed E-state index contributed by atoms with van der Waals surface area (Å²) in [6.07, 6.45) is 1.62. The van der Waals surface area contributed by atoms with Gasteiger partial charge >= 0.3 is 0 Å². The van der Waals surface area contributed by atoms with E-state index in [4.69, 9.17) is 10.5 Å². The van der Waals surface area contributed by atoms with E-state index in [0.717, 1.165) is 31.5 Å².